The molecule has 0 aromatic heterocycles. The molecule has 0 radical (unpaired) electrons. The first-order valence-electron chi connectivity index (χ1n) is 5.28. The summed E-state index contributed by atoms with van der Waals surface area (Å²) in [6.07, 6.45) is 1.17. The number of rotatable bonds is 4. The van der Waals surface area contributed by atoms with E-state index in [0.717, 1.165) is 5.16 Å². The van der Waals surface area contributed by atoms with Gasteiger partial charge in [0.1, 0.15) is 0 Å². The fourth-order valence-corrected chi connectivity index (χ4v) is 16.0. The number of allylic oxidation sites excluding steroid dienone is 1. The Morgan fingerprint density at radius 1 is 1.00 bits per heavy atom. The van der Waals surface area contributed by atoms with E-state index in [-0.39, 0.29) is 0 Å². The van der Waals surface area contributed by atoms with Crippen LogP contribution in [0.25, 0.3) is 0 Å². The molecule has 0 saturated carbocycles. The van der Waals surface area contributed by atoms with Gasteiger partial charge in [0.25, 0.3) is 0 Å². The zero-order valence-electron chi connectivity index (χ0n) is 10.5. The molecule has 0 aliphatic heterocycles. The highest BCUT2D eigenvalue weighted by Crippen LogP contribution is 2.38. The van der Waals surface area contributed by atoms with Crippen molar-refractivity contribution in [1.29, 1.82) is 0 Å². The molecule has 2 heteroatoms. The highest BCUT2D eigenvalue weighted by atomic mass is 28.4. The van der Waals surface area contributed by atoms with Gasteiger partial charge in [-0.2, -0.15) is 0 Å². The van der Waals surface area contributed by atoms with Crippen LogP contribution in [0, 0.1) is 0 Å². The van der Waals surface area contributed by atoms with Crippen molar-refractivity contribution >= 4 is 16.1 Å². The Balaban J connectivity index is 4.89. The summed E-state index contributed by atoms with van der Waals surface area (Å²) < 4.78 is 0. The van der Waals surface area contributed by atoms with E-state index in [1.807, 2.05) is 0 Å². The Labute approximate surface area is 86.5 Å². The molecule has 0 aromatic rings. The third-order valence-electron chi connectivity index (χ3n) is 2.59. The summed E-state index contributed by atoms with van der Waals surface area (Å²) in [7, 11) is -2.09. The van der Waals surface area contributed by atoms with Crippen LogP contribution >= 0.6 is 0 Å². The second kappa shape index (κ2) is 4.13. The van der Waals surface area contributed by atoms with Gasteiger partial charge in [0.2, 0.25) is 0 Å². The molecule has 0 nitrogen and oxygen atoms in total. The summed E-state index contributed by atoms with van der Waals surface area (Å²) in [5, 5.41) is 0.880. The van der Waals surface area contributed by atoms with Gasteiger partial charge in [-0.3, -0.25) is 0 Å². The molecule has 0 fully saturated rings. The number of hydrogen-bond acceptors (Lipinski definition) is 0. The normalized spacial score (nSPS) is 13.5. The summed E-state index contributed by atoms with van der Waals surface area (Å²) in [5.41, 5.74) is 1.51. The van der Waals surface area contributed by atoms with Crippen molar-refractivity contribution in [3.8, 4) is 0 Å². The predicted octanol–water partition coefficient (Wildman–Crippen LogP) is 4.54. The molecule has 0 heterocycles. The van der Waals surface area contributed by atoms with Gasteiger partial charge in [0, 0.05) is 16.1 Å². The molecular formula is C11H26Si2. The topological polar surface area (TPSA) is 0 Å². The minimum absolute atomic E-state index is 0.880. The fraction of sp³-hybridized carbons (Fsp3) is 0.818. The van der Waals surface area contributed by atoms with E-state index in [2.05, 4.69) is 52.8 Å². The first-order valence-corrected chi connectivity index (χ1v) is 12.4. The molecule has 0 aromatic carbocycles. The Morgan fingerprint density at radius 3 is 1.38 bits per heavy atom. The van der Waals surface area contributed by atoms with Crippen molar-refractivity contribution in [3.05, 3.63) is 12.2 Å². The second-order valence-electron chi connectivity index (χ2n) is 6.18. The molecule has 0 saturated heterocycles. The number of hydrogen-bond donors (Lipinski definition) is 0. The molecular weight excluding hydrogens is 188 g/mol. The van der Waals surface area contributed by atoms with Gasteiger partial charge in [0.05, 0.1) is 0 Å². The lowest BCUT2D eigenvalue weighted by molar-refractivity contribution is 1.03. The summed E-state index contributed by atoms with van der Waals surface area (Å²) in [5.74, 6) is 0. The van der Waals surface area contributed by atoms with E-state index in [9.17, 15) is 0 Å². The van der Waals surface area contributed by atoms with Crippen LogP contribution in [-0.2, 0) is 0 Å². The minimum Gasteiger partial charge on any atom is -0.100 e. The van der Waals surface area contributed by atoms with Crippen LogP contribution in [-0.4, -0.2) is 16.1 Å². The van der Waals surface area contributed by atoms with Gasteiger partial charge < -0.3 is 0 Å². The third kappa shape index (κ3) is 3.82. The highest BCUT2D eigenvalue weighted by molar-refractivity contribution is 6.97. The van der Waals surface area contributed by atoms with E-state index in [1.165, 1.54) is 12.0 Å². The first-order chi connectivity index (χ1) is 5.60. The Hall–Kier alpha value is 0.174. The van der Waals surface area contributed by atoms with Crippen LogP contribution in [0.1, 0.15) is 13.3 Å². The molecule has 0 amide bonds. The monoisotopic (exact) mass is 214 g/mol. The SMILES string of the molecule is C=C(CC)C([Si](C)(C)C)[Si](C)(C)C. The summed E-state index contributed by atoms with van der Waals surface area (Å²) in [6, 6.07) is 0. The maximum atomic E-state index is 4.28. The molecule has 78 valence electrons. The van der Waals surface area contributed by atoms with Crippen LogP contribution in [0.5, 0.6) is 0 Å². The Kier molecular flexibility index (Phi) is 4.19. The summed E-state index contributed by atoms with van der Waals surface area (Å²) in [4.78, 5) is 0. The zero-order chi connectivity index (χ0) is 10.9. The lowest BCUT2D eigenvalue weighted by Gasteiger charge is -2.39. The fourth-order valence-electron chi connectivity index (χ4n) is 2.73. The molecule has 0 N–H and O–H groups in total. The second-order valence-corrected chi connectivity index (χ2v) is 17.4. The highest BCUT2D eigenvalue weighted by Gasteiger charge is 2.38. The standard InChI is InChI=1S/C11H26Si2/c1-9-10(2)11(12(3,4)5)13(6,7)8/h11H,2,9H2,1,3-8H3. The van der Waals surface area contributed by atoms with Crippen molar-refractivity contribution in [2.24, 2.45) is 0 Å². The average molecular weight is 215 g/mol. The van der Waals surface area contributed by atoms with Crippen molar-refractivity contribution in [2.45, 2.75) is 57.8 Å². The minimum atomic E-state index is -1.04. The van der Waals surface area contributed by atoms with Crippen LogP contribution in [0.4, 0.5) is 0 Å². The van der Waals surface area contributed by atoms with Gasteiger partial charge in [-0.15, -0.1) is 6.58 Å². The Bertz CT molecular complexity index is 167. The average Bonchev–Trinajstić information content (AvgIpc) is 1.80. The van der Waals surface area contributed by atoms with Crippen LogP contribution in [0.15, 0.2) is 12.2 Å². The van der Waals surface area contributed by atoms with Gasteiger partial charge in [0.15, 0.2) is 0 Å². The van der Waals surface area contributed by atoms with Crippen LogP contribution in [0.3, 0.4) is 0 Å². The van der Waals surface area contributed by atoms with Crippen LogP contribution < -0.4 is 0 Å². The molecule has 0 spiro atoms. The summed E-state index contributed by atoms with van der Waals surface area (Å²) >= 11 is 0. The van der Waals surface area contributed by atoms with E-state index in [0.29, 0.717) is 0 Å². The smallest absolute Gasteiger partial charge is 0.0489 e. The van der Waals surface area contributed by atoms with Crippen LogP contribution in [0.2, 0.25) is 44.4 Å². The Morgan fingerprint density at radius 2 is 1.31 bits per heavy atom. The predicted molar refractivity (Wildman–Crippen MR) is 69.9 cm³/mol. The molecule has 0 bridgehead atoms. The van der Waals surface area contributed by atoms with E-state index < -0.39 is 16.1 Å². The van der Waals surface area contributed by atoms with Gasteiger partial charge >= 0.3 is 0 Å². The zero-order valence-corrected chi connectivity index (χ0v) is 12.5. The largest absolute Gasteiger partial charge is 0.100 e. The van der Waals surface area contributed by atoms with Crippen molar-refractivity contribution < 1.29 is 0 Å². The van der Waals surface area contributed by atoms with Gasteiger partial charge in [-0.25, -0.2) is 0 Å². The molecule has 0 unspecified atom stereocenters. The van der Waals surface area contributed by atoms with Crippen molar-refractivity contribution in [2.75, 3.05) is 0 Å². The molecule has 0 aliphatic rings. The lowest BCUT2D eigenvalue weighted by Crippen LogP contribution is -2.44. The van der Waals surface area contributed by atoms with Gasteiger partial charge in [-0.05, 0) is 11.6 Å². The lowest BCUT2D eigenvalue weighted by atomic mass is 10.3. The third-order valence-corrected chi connectivity index (χ3v) is 12.1. The van der Waals surface area contributed by atoms with Crippen molar-refractivity contribution in [1.82, 2.24) is 0 Å². The quantitative estimate of drug-likeness (QED) is 0.476. The maximum Gasteiger partial charge on any atom is 0.0489 e. The first kappa shape index (κ1) is 13.2. The van der Waals surface area contributed by atoms with Crippen molar-refractivity contribution in [3.63, 3.8) is 0 Å². The molecule has 0 aliphatic carbocycles. The van der Waals surface area contributed by atoms with Gasteiger partial charge in [-0.1, -0.05) is 51.8 Å². The molecule has 0 rings (SSSR count). The maximum absolute atomic E-state index is 4.28. The van der Waals surface area contributed by atoms with E-state index >= 15 is 0 Å². The van der Waals surface area contributed by atoms with E-state index in [1.54, 1.807) is 0 Å². The summed E-state index contributed by atoms with van der Waals surface area (Å²) in [6.45, 7) is 21.4. The molecule has 13 heavy (non-hydrogen) atoms. The molecule has 0 atom stereocenters. The van der Waals surface area contributed by atoms with E-state index in [4.69, 9.17) is 0 Å².